The number of aromatic nitrogens is 1. The molecule has 1 saturated heterocycles. The third kappa shape index (κ3) is 10.5. The molecule has 1 N–H and O–H groups in total. The summed E-state index contributed by atoms with van der Waals surface area (Å²) in [6.45, 7) is 7.95. The molecule has 43 heavy (non-hydrogen) atoms. The molecule has 0 aliphatic carbocycles. The van der Waals surface area contributed by atoms with E-state index in [4.69, 9.17) is 28.4 Å². The molecule has 4 atom stereocenters. The van der Waals surface area contributed by atoms with Gasteiger partial charge in [-0.2, -0.15) is 0 Å². The Kier molecular flexibility index (Phi) is 13.7. The standard InChI is InChI=1S/C32H44N2O9/c1-6-39-19-27(35)41-20-42-30-26(38-5)15-16-33-28(30)31(36)34-25-14-10-13-24(17-23-11-8-7-9-12-23)29(40-18-21(2)3)22(4)43-32(25)37/h7-9,11-12,15-16,21-22,24-25,29H,6,10,13-14,17-20H2,1-5H3,(H,34,36)/t22-,24+,25-,29-/m0/s1. The van der Waals surface area contributed by atoms with Gasteiger partial charge in [-0.3, -0.25) is 4.79 Å². The molecule has 0 saturated carbocycles. The van der Waals surface area contributed by atoms with E-state index in [-0.39, 0.29) is 35.8 Å². The SMILES string of the molecule is CCOCC(=O)OCOc1c(OC)ccnc1C(=O)N[C@H]1CCC[C@H](Cc2ccccc2)[C@@H](OCC(C)C)[C@H](C)OC1=O. The number of amides is 1. The minimum Gasteiger partial charge on any atom is -0.493 e. The Labute approximate surface area is 253 Å². The van der Waals surface area contributed by atoms with Crippen LogP contribution in [0.2, 0.25) is 0 Å². The zero-order valence-corrected chi connectivity index (χ0v) is 25.7. The molecule has 3 rings (SSSR count). The van der Waals surface area contributed by atoms with Crippen molar-refractivity contribution in [1.82, 2.24) is 10.3 Å². The molecular weight excluding hydrogens is 556 g/mol. The van der Waals surface area contributed by atoms with E-state index < -0.39 is 36.8 Å². The summed E-state index contributed by atoms with van der Waals surface area (Å²) in [7, 11) is 1.41. The van der Waals surface area contributed by atoms with Gasteiger partial charge in [0.1, 0.15) is 18.8 Å². The molecule has 1 fully saturated rings. The van der Waals surface area contributed by atoms with Crippen LogP contribution in [0.4, 0.5) is 0 Å². The molecule has 1 aliphatic rings. The first-order chi connectivity index (χ1) is 20.7. The molecule has 0 spiro atoms. The number of cyclic esters (lactones) is 1. The van der Waals surface area contributed by atoms with E-state index in [0.717, 1.165) is 12.8 Å². The third-order valence-corrected chi connectivity index (χ3v) is 7.00. The number of rotatable bonds is 14. The van der Waals surface area contributed by atoms with Crippen molar-refractivity contribution in [3.8, 4) is 11.5 Å². The normalized spacial score (nSPS) is 20.7. The van der Waals surface area contributed by atoms with Crippen LogP contribution in [0.25, 0.3) is 0 Å². The van der Waals surface area contributed by atoms with Crippen molar-refractivity contribution in [2.75, 3.05) is 33.7 Å². The molecule has 0 bridgehead atoms. The lowest BCUT2D eigenvalue weighted by Crippen LogP contribution is -2.45. The predicted molar refractivity (Wildman–Crippen MR) is 158 cm³/mol. The number of nitrogens with zero attached hydrogens (tertiary/aromatic N) is 1. The highest BCUT2D eigenvalue weighted by molar-refractivity contribution is 5.98. The molecule has 0 radical (unpaired) electrons. The van der Waals surface area contributed by atoms with Crippen LogP contribution in [-0.4, -0.2) is 74.8 Å². The molecule has 1 aliphatic heterocycles. The average molecular weight is 601 g/mol. The monoisotopic (exact) mass is 600 g/mol. The van der Waals surface area contributed by atoms with E-state index in [1.807, 2.05) is 25.1 Å². The summed E-state index contributed by atoms with van der Waals surface area (Å²) in [5.74, 6) is -1.21. The number of carbonyl (C=O) groups is 3. The van der Waals surface area contributed by atoms with E-state index in [1.165, 1.54) is 24.9 Å². The summed E-state index contributed by atoms with van der Waals surface area (Å²) in [5, 5.41) is 2.77. The van der Waals surface area contributed by atoms with Gasteiger partial charge in [-0.25, -0.2) is 14.6 Å². The number of nitrogens with one attached hydrogen (secondary N) is 1. The molecule has 236 valence electrons. The lowest BCUT2D eigenvalue weighted by Gasteiger charge is -2.32. The highest BCUT2D eigenvalue weighted by Crippen LogP contribution is 2.31. The van der Waals surface area contributed by atoms with Crippen molar-refractivity contribution < 1.29 is 42.8 Å². The maximum Gasteiger partial charge on any atom is 0.334 e. The van der Waals surface area contributed by atoms with Crippen molar-refractivity contribution in [3.05, 3.63) is 53.9 Å². The highest BCUT2D eigenvalue weighted by atomic mass is 16.7. The van der Waals surface area contributed by atoms with Gasteiger partial charge in [-0.15, -0.1) is 0 Å². The molecule has 1 amide bonds. The first-order valence-corrected chi connectivity index (χ1v) is 14.8. The van der Waals surface area contributed by atoms with Gasteiger partial charge in [0.05, 0.1) is 13.2 Å². The lowest BCUT2D eigenvalue weighted by atomic mass is 9.86. The Hall–Kier alpha value is -3.70. The summed E-state index contributed by atoms with van der Waals surface area (Å²) in [4.78, 5) is 42.7. The number of methoxy groups -OCH3 is 1. The van der Waals surface area contributed by atoms with Crippen LogP contribution in [-0.2, 0) is 35.0 Å². The Morgan fingerprint density at radius 1 is 1.14 bits per heavy atom. The Morgan fingerprint density at radius 2 is 1.91 bits per heavy atom. The quantitative estimate of drug-likeness (QED) is 0.250. The molecule has 11 heteroatoms. The van der Waals surface area contributed by atoms with Gasteiger partial charge >= 0.3 is 11.9 Å². The summed E-state index contributed by atoms with van der Waals surface area (Å²) < 4.78 is 33.2. The van der Waals surface area contributed by atoms with Crippen molar-refractivity contribution in [2.24, 2.45) is 11.8 Å². The van der Waals surface area contributed by atoms with Crippen LogP contribution in [0.3, 0.4) is 0 Å². The molecule has 11 nitrogen and oxygen atoms in total. The van der Waals surface area contributed by atoms with Gasteiger partial charge in [0.2, 0.25) is 6.79 Å². The number of hydrogen-bond acceptors (Lipinski definition) is 10. The Bertz CT molecular complexity index is 1170. The van der Waals surface area contributed by atoms with Crippen molar-refractivity contribution in [3.63, 3.8) is 0 Å². The minimum absolute atomic E-state index is 0.0263. The van der Waals surface area contributed by atoms with Crippen molar-refractivity contribution in [1.29, 1.82) is 0 Å². The maximum absolute atomic E-state index is 13.4. The second kappa shape index (κ2) is 17.4. The second-order valence-corrected chi connectivity index (χ2v) is 10.8. The number of benzene rings is 1. The number of pyridine rings is 1. The Balaban J connectivity index is 1.75. The van der Waals surface area contributed by atoms with E-state index in [2.05, 4.69) is 36.3 Å². The molecule has 0 unspecified atom stereocenters. The zero-order chi connectivity index (χ0) is 31.2. The van der Waals surface area contributed by atoms with Gasteiger partial charge in [0.15, 0.2) is 17.2 Å². The molecule has 1 aromatic carbocycles. The third-order valence-electron chi connectivity index (χ3n) is 7.00. The first-order valence-electron chi connectivity index (χ1n) is 14.8. The number of carbonyl (C=O) groups excluding carboxylic acids is 3. The largest absolute Gasteiger partial charge is 0.493 e. The number of esters is 2. The fraction of sp³-hybridized carbons (Fsp3) is 0.562. The van der Waals surface area contributed by atoms with Gasteiger partial charge in [-0.05, 0) is 50.5 Å². The molecular formula is C32H44N2O9. The number of hydrogen-bond donors (Lipinski definition) is 1. The fourth-order valence-corrected chi connectivity index (χ4v) is 4.92. The minimum atomic E-state index is -0.916. The average Bonchev–Trinajstić information content (AvgIpc) is 3.03. The van der Waals surface area contributed by atoms with Crippen LogP contribution in [0.1, 0.15) is 63.0 Å². The van der Waals surface area contributed by atoms with Gasteiger partial charge < -0.3 is 33.7 Å². The van der Waals surface area contributed by atoms with E-state index in [9.17, 15) is 14.4 Å². The van der Waals surface area contributed by atoms with E-state index >= 15 is 0 Å². The smallest absolute Gasteiger partial charge is 0.334 e. The summed E-state index contributed by atoms with van der Waals surface area (Å²) >= 11 is 0. The summed E-state index contributed by atoms with van der Waals surface area (Å²) in [5.41, 5.74) is 1.06. The van der Waals surface area contributed by atoms with E-state index in [1.54, 1.807) is 6.92 Å². The van der Waals surface area contributed by atoms with Crippen LogP contribution in [0.15, 0.2) is 42.6 Å². The van der Waals surface area contributed by atoms with Crippen molar-refractivity contribution >= 4 is 17.8 Å². The summed E-state index contributed by atoms with van der Waals surface area (Å²) in [6.07, 6.45) is 3.15. The lowest BCUT2D eigenvalue weighted by molar-refractivity contribution is -0.161. The number of ether oxygens (including phenoxy) is 6. The molecule has 1 aromatic heterocycles. The summed E-state index contributed by atoms with van der Waals surface area (Å²) in [6, 6.07) is 10.8. The van der Waals surface area contributed by atoms with Crippen molar-refractivity contribution in [2.45, 2.75) is 71.6 Å². The van der Waals surface area contributed by atoms with Crippen LogP contribution in [0.5, 0.6) is 11.5 Å². The van der Waals surface area contributed by atoms with Crippen LogP contribution >= 0.6 is 0 Å². The highest BCUT2D eigenvalue weighted by Gasteiger charge is 2.35. The maximum atomic E-state index is 13.4. The first kappa shape index (κ1) is 33.8. The second-order valence-electron chi connectivity index (χ2n) is 10.8. The van der Waals surface area contributed by atoms with E-state index in [0.29, 0.717) is 32.0 Å². The molecule has 2 heterocycles. The Morgan fingerprint density at radius 3 is 2.60 bits per heavy atom. The zero-order valence-electron chi connectivity index (χ0n) is 25.7. The van der Waals surface area contributed by atoms with Gasteiger partial charge in [-0.1, -0.05) is 50.6 Å². The topological polar surface area (TPSA) is 132 Å². The fourth-order valence-electron chi connectivity index (χ4n) is 4.92. The van der Waals surface area contributed by atoms with Crippen LogP contribution in [0, 0.1) is 11.8 Å². The predicted octanol–water partition coefficient (Wildman–Crippen LogP) is 4.12. The molecule has 2 aromatic rings. The van der Waals surface area contributed by atoms with Gasteiger partial charge in [0, 0.05) is 25.5 Å². The van der Waals surface area contributed by atoms with Gasteiger partial charge in [0.25, 0.3) is 5.91 Å². The van der Waals surface area contributed by atoms with Crippen LogP contribution < -0.4 is 14.8 Å².